The van der Waals surface area contributed by atoms with Gasteiger partial charge in [0.05, 0.1) is 18.8 Å². The number of benzene rings is 3. The molecule has 0 radical (unpaired) electrons. The van der Waals surface area contributed by atoms with E-state index < -0.39 is 0 Å². The zero-order valence-electron chi connectivity index (χ0n) is 21.8. The highest BCUT2D eigenvalue weighted by Gasteiger charge is 2.19. The van der Waals surface area contributed by atoms with Crippen molar-refractivity contribution in [1.29, 1.82) is 0 Å². The molecule has 5 nitrogen and oxygen atoms in total. The Kier molecular flexibility index (Phi) is 9.51. The fourth-order valence-electron chi connectivity index (χ4n) is 4.54. The van der Waals surface area contributed by atoms with E-state index in [9.17, 15) is 0 Å². The van der Waals surface area contributed by atoms with E-state index in [4.69, 9.17) is 15.7 Å². The van der Waals surface area contributed by atoms with Gasteiger partial charge in [-0.05, 0) is 55.2 Å². The zero-order valence-corrected chi connectivity index (χ0v) is 21.8. The van der Waals surface area contributed by atoms with E-state index in [0.717, 1.165) is 48.7 Å². The molecule has 0 bridgehead atoms. The molecule has 0 saturated heterocycles. The molecule has 0 saturated carbocycles. The maximum atomic E-state index is 7.26. The summed E-state index contributed by atoms with van der Waals surface area (Å²) in [6.45, 7) is 14.1. The molecule has 1 heterocycles. The van der Waals surface area contributed by atoms with Crippen LogP contribution >= 0.6 is 0 Å². The summed E-state index contributed by atoms with van der Waals surface area (Å²) in [5, 5.41) is 0. The van der Waals surface area contributed by atoms with Gasteiger partial charge in [-0.3, -0.25) is 4.90 Å². The number of nitrogens with zero attached hydrogens (tertiary/aromatic N) is 3. The summed E-state index contributed by atoms with van der Waals surface area (Å²) in [5.41, 5.74) is 4.47. The zero-order chi connectivity index (χ0) is 25.9. The predicted molar refractivity (Wildman–Crippen MR) is 148 cm³/mol. The molecule has 190 valence electrons. The Hall–Kier alpha value is -3.88. The Morgan fingerprint density at radius 2 is 1.65 bits per heavy atom. The van der Waals surface area contributed by atoms with Crippen LogP contribution in [-0.2, 0) is 19.4 Å². The molecule has 0 fully saturated rings. The normalized spacial score (nSPS) is 11.8. The second-order valence-corrected chi connectivity index (χ2v) is 9.23. The van der Waals surface area contributed by atoms with Gasteiger partial charge in [-0.2, -0.15) is 0 Å². The van der Waals surface area contributed by atoms with Crippen molar-refractivity contribution in [1.82, 2.24) is 9.88 Å². The molecule has 0 amide bonds. The topological polar surface area (TPSA) is 42.9 Å². The lowest BCUT2D eigenvalue weighted by Crippen LogP contribution is -2.37. The molecule has 4 aromatic rings. The summed E-state index contributed by atoms with van der Waals surface area (Å²) in [6.07, 6.45) is 2.67. The molecule has 3 aromatic carbocycles. The van der Waals surface area contributed by atoms with Crippen molar-refractivity contribution in [2.24, 2.45) is 0 Å². The first-order valence-electron chi connectivity index (χ1n) is 13.0. The Bertz CT molecular complexity index is 1260. The fraction of sp³-hybridized carbons (Fsp3) is 0.312. The van der Waals surface area contributed by atoms with Gasteiger partial charge >= 0.3 is 0 Å². The van der Waals surface area contributed by atoms with Crippen molar-refractivity contribution in [3.63, 3.8) is 0 Å². The van der Waals surface area contributed by atoms with Crippen molar-refractivity contribution in [2.75, 3.05) is 19.7 Å². The van der Waals surface area contributed by atoms with Gasteiger partial charge in [0.1, 0.15) is 11.5 Å². The Balaban J connectivity index is 1.32. The third kappa shape index (κ3) is 7.55. The van der Waals surface area contributed by atoms with Gasteiger partial charge in [0, 0.05) is 24.6 Å². The van der Waals surface area contributed by atoms with Gasteiger partial charge < -0.3 is 14.0 Å². The third-order valence-electron chi connectivity index (χ3n) is 6.63. The van der Waals surface area contributed by atoms with Gasteiger partial charge in [0.15, 0.2) is 0 Å². The molecule has 5 heteroatoms. The monoisotopic (exact) mass is 493 g/mol. The molecule has 0 aliphatic heterocycles. The van der Waals surface area contributed by atoms with Crippen LogP contribution in [0.4, 0.5) is 0 Å². The highest BCUT2D eigenvalue weighted by atomic mass is 16.5. The number of aryl methyl sites for hydroxylation is 1. The quantitative estimate of drug-likeness (QED) is 0.188. The van der Waals surface area contributed by atoms with Crippen molar-refractivity contribution in [3.05, 3.63) is 119 Å². The Morgan fingerprint density at radius 3 is 2.32 bits per heavy atom. The SMILES string of the molecule is [C-]#[N+]CCN(Cc1ccccc1)[C@H](CC)Cc1ccc(OCCc2nc(-c3ccccc3)oc2C)cc1. The van der Waals surface area contributed by atoms with Crippen LogP contribution in [0.3, 0.4) is 0 Å². The van der Waals surface area contributed by atoms with Crippen molar-refractivity contribution >= 4 is 0 Å². The summed E-state index contributed by atoms with van der Waals surface area (Å²) in [7, 11) is 0. The Labute approximate surface area is 220 Å². The minimum Gasteiger partial charge on any atom is -0.493 e. The van der Waals surface area contributed by atoms with E-state index in [1.165, 1.54) is 11.1 Å². The second-order valence-electron chi connectivity index (χ2n) is 9.23. The highest BCUT2D eigenvalue weighted by Crippen LogP contribution is 2.22. The van der Waals surface area contributed by atoms with Gasteiger partial charge in [0.25, 0.3) is 0 Å². The molecule has 1 aromatic heterocycles. The largest absolute Gasteiger partial charge is 0.493 e. The summed E-state index contributed by atoms with van der Waals surface area (Å²) < 4.78 is 11.9. The van der Waals surface area contributed by atoms with E-state index in [1.807, 2.05) is 55.5 Å². The van der Waals surface area contributed by atoms with Crippen LogP contribution in [0.1, 0.15) is 35.9 Å². The van der Waals surface area contributed by atoms with Crippen LogP contribution in [0, 0.1) is 13.5 Å². The molecule has 0 N–H and O–H groups in total. The van der Waals surface area contributed by atoms with Crippen LogP contribution in [0.5, 0.6) is 5.75 Å². The lowest BCUT2D eigenvalue weighted by Gasteiger charge is -2.30. The molecular weight excluding hydrogens is 458 g/mol. The van der Waals surface area contributed by atoms with Crippen LogP contribution in [0.25, 0.3) is 16.3 Å². The number of aromatic nitrogens is 1. The maximum Gasteiger partial charge on any atom is 0.227 e. The van der Waals surface area contributed by atoms with Crippen LogP contribution in [0.2, 0.25) is 0 Å². The number of oxazole rings is 1. The van der Waals surface area contributed by atoms with Crippen molar-refractivity contribution in [2.45, 2.75) is 45.7 Å². The van der Waals surface area contributed by atoms with E-state index in [1.54, 1.807) is 0 Å². The van der Waals surface area contributed by atoms with Gasteiger partial charge in [-0.1, -0.05) is 67.6 Å². The van der Waals surface area contributed by atoms with Crippen LogP contribution in [-0.4, -0.2) is 35.6 Å². The smallest absolute Gasteiger partial charge is 0.227 e. The minimum absolute atomic E-state index is 0.377. The first-order valence-corrected chi connectivity index (χ1v) is 13.0. The summed E-state index contributed by atoms with van der Waals surface area (Å²) in [4.78, 5) is 10.7. The number of hydrogen-bond donors (Lipinski definition) is 0. The first-order chi connectivity index (χ1) is 18.2. The van der Waals surface area contributed by atoms with E-state index in [-0.39, 0.29) is 0 Å². The molecular formula is C32H35N3O2. The van der Waals surface area contributed by atoms with Crippen molar-refractivity contribution in [3.8, 4) is 17.2 Å². The first kappa shape index (κ1) is 26.2. The van der Waals surface area contributed by atoms with Gasteiger partial charge in [0.2, 0.25) is 12.4 Å². The summed E-state index contributed by atoms with van der Waals surface area (Å²) >= 11 is 0. The average Bonchev–Trinajstić information content (AvgIpc) is 3.32. The molecule has 0 aliphatic carbocycles. The molecule has 0 unspecified atom stereocenters. The number of hydrogen-bond acceptors (Lipinski definition) is 4. The summed E-state index contributed by atoms with van der Waals surface area (Å²) in [6, 6.07) is 29.3. The standard InChI is InChI=1S/C32H35N3O2/c1-4-29(35(21-20-33-3)24-27-11-7-5-8-12-27)23-26-15-17-30(18-16-26)36-22-19-31-25(2)37-32(34-31)28-13-9-6-10-14-28/h5-18,29H,4,19-24H2,1-2H3/t29-/m1/s1. The number of ether oxygens (including phenoxy) is 1. The molecule has 0 aliphatic rings. The molecule has 4 rings (SSSR count). The maximum absolute atomic E-state index is 7.26. The van der Waals surface area contributed by atoms with E-state index >= 15 is 0 Å². The highest BCUT2D eigenvalue weighted by molar-refractivity contribution is 5.53. The number of rotatable bonds is 13. The van der Waals surface area contributed by atoms with Crippen molar-refractivity contribution < 1.29 is 9.15 Å². The fourth-order valence-corrected chi connectivity index (χ4v) is 4.54. The van der Waals surface area contributed by atoms with E-state index in [2.05, 4.69) is 58.1 Å². The van der Waals surface area contributed by atoms with Crippen LogP contribution < -0.4 is 4.74 Å². The lowest BCUT2D eigenvalue weighted by atomic mass is 10.0. The molecule has 0 spiro atoms. The lowest BCUT2D eigenvalue weighted by molar-refractivity contribution is 0.189. The third-order valence-corrected chi connectivity index (χ3v) is 6.63. The van der Waals surface area contributed by atoms with E-state index in [0.29, 0.717) is 31.5 Å². The summed E-state index contributed by atoms with van der Waals surface area (Å²) in [5.74, 6) is 2.35. The average molecular weight is 494 g/mol. The minimum atomic E-state index is 0.377. The van der Waals surface area contributed by atoms with Gasteiger partial charge in [-0.25, -0.2) is 11.6 Å². The Morgan fingerprint density at radius 1 is 0.946 bits per heavy atom. The van der Waals surface area contributed by atoms with Gasteiger partial charge in [-0.15, -0.1) is 0 Å². The molecule has 1 atom stereocenters. The predicted octanol–water partition coefficient (Wildman–Crippen LogP) is 7.01. The second kappa shape index (κ2) is 13.4. The molecule has 37 heavy (non-hydrogen) atoms. The van der Waals surface area contributed by atoms with Crippen LogP contribution in [0.15, 0.2) is 89.3 Å².